The van der Waals surface area contributed by atoms with E-state index in [1.807, 2.05) is 6.92 Å². The van der Waals surface area contributed by atoms with Crippen LogP contribution in [-0.4, -0.2) is 22.2 Å². The zero-order valence-electron chi connectivity index (χ0n) is 8.49. The van der Waals surface area contributed by atoms with Crippen LogP contribution in [0.2, 0.25) is 0 Å². The molecule has 0 aliphatic rings. The van der Waals surface area contributed by atoms with Gasteiger partial charge in [-0.1, -0.05) is 25.8 Å². The van der Waals surface area contributed by atoms with Crippen LogP contribution < -0.4 is 0 Å². The summed E-state index contributed by atoms with van der Waals surface area (Å²) in [5, 5.41) is 17.4. The van der Waals surface area contributed by atoms with E-state index in [0.717, 1.165) is 12.8 Å². The number of hydrogen-bond donors (Lipinski definition) is 2. The Bertz CT molecular complexity index is 243. The van der Waals surface area contributed by atoms with Crippen molar-refractivity contribution in [1.82, 2.24) is 0 Å². The molecule has 1 atom stereocenters. The van der Waals surface area contributed by atoms with Crippen molar-refractivity contribution in [1.29, 1.82) is 0 Å². The fraction of sp³-hybridized carbons (Fsp3) is 0.600. The van der Waals surface area contributed by atoms with Crippen molar-refractivity contribution < 1.29 is 19.8 Å². The summed E-state index contributed by atoms with van der Waals surface area (Å²) in [7, 11) is 0. The van der Waals surface area contributed by atoms with Gasteiger partial charge in [0.25, 0.3) is 0 Å². The predicted molar refractivity (Wildman–Crippen MR) is 52.0 cm³/mol. The van der Waals surface area contributed by atoms with Crippen LogP contribution in [0.4, 0.5) is 0 Å². The van der Waals surface area contributed by atoms with Gasteiger partial charge in [0.1, 0.15) is 0 Å². The van der Waals surface area contributed by atoms with Crippen molar-refractivity contribution in [2.75, 3.05) is 0 Å². The predicted octanol–water partition coefficient (Wildman–Crippen LogP) is 1.91. The molecule has 0 aliphatic heterocycles. The average molecular weight is 200 g/mol. The highest BCUT2D eigenvalue weighted by molar-refractivity contribution is 5.87. The quantitative estimate of drug-likeness (QED) is 0.642. The maximum Gasteiger partial charge on any atom is 0.330 e. The molecule has 0 aromatic rings. The minimum atomic E-state index is -1.06. The lowest BCUT2D eigenvalue weighted by atomic mass is 10.00. The second-order valence-electron chi connectivity index (χ2n) is 3.24. The summed E-state index contributed by atoms with van der Waals surface area (Å²) in [5.41, 5.74) is 0.0912. The largest absolute Gasteiger partial charge is 0.481 e. The van der Waals surface area contributed by atoms with Crippen molar-refractivity contribution >= 4 is 11.9 Å². The molecule has 0 heterocycles. The number of aliphatic carboxylic acids is 2. The molecule has 0 aliphatic carbocycles. The first-order valence-electron chi connectivity index (χ1n) is 4.63. The van der Waals surface area contributed by atoms with Crippen LogP contribution in [0, 0.1) is 5.92 Å². The van der Waals surface area contributed by atoms with E-state index in [2.05, 4.69) is 0 Å². The molecule has 0 fully saturated rings. The second-order valence-corrected chi connectivity index (χ2v) is 3.24. The van der Waals surface area contributed by atoms with E-state index in [-0.39, 0.29) is 5.57 Å². The highest BCUT2D eigenvalue weighted by atomic mass is 16.4. The molecule has 0 spiro atoms. The molecule has 4 heteroatoms. The fourth-order valence-electron chi connectivity index (χ4n) is 1.08. The minimum Gasteiger partial charge on any atom is -0.481 e. The van der Waals surface area contributed by atoms with Gasteiger partial charge in [0, 0.05) is 5.57 Å². The number of carboxylic acid groups (broad SMARTS) is 2. The third-order valence-electron chi connectivity index (χ3n) is 1.97. The molecule has 0 bridgehead atoms. The van der Waals surface area contributed by atoms with Crippen LogP contribution in [0.25, 0.3) is 0 Å². The van der Waals surface area contributed by atoms with E-state index in [4.69, 9.17) is 10.2 Å². The van der Waals surface area contributed by atoms with Gasteiger partial charge in [-0.25, -0.2) is 4.79 Å². The molecular formula is C10H16O4. The van der Waals surface area contributed by atoms with E-state index in [9.17, 15) is 9.59 Å². The zero-order valence-corrected chi connectivity index (χ0v) is 8.49. The molecule has 1 unspecified atom stereocenters. The van der Waals surface area contributed by atoms with E-state index < -0.39 is 17.9 Å². The van der Waals surface area contributed by atoms with Gasteiger partial charge in [0.2, 0.25) is 0 Å². The SMILES string of the molecule is CCCCC(C=C(C)C(=O)O)C(=O)O. The highest BCUT2D eigenvalue weighted by Crippen LogP contribution is 2.12. The van der Waals surface area contributed by atoms with Gasteiger partial charge >= 0.3 is 11.9 Å². The third-order valence-corrected chi connectivity index (χ3v) is 1.97. The standard InChI is InChI=1S/C10H16O4/c1-3-4-5-8(10(13)14)6-7(2)9(11)12/h6,8H,3-5H2,1-2H3,(H,11,12)(H,13,14). The Morgan fingerprint density at radius 1 is 1.36 bits per heavy atom. The topological polar surface area (TPSA) is 74.6 Å². The number of unbranched alkanes of at least 4 members (excludes halogenated alkanes) is 1. The van der Waals surface area contributed by atoms with Crippen molar-refractivity contribution in [3.05, 3.63) is 11.6 Å². The molecule has 0 radical (unpaired) electrons. The fourth-order valence-corrected chi connectivity index (χ4v) is 1.08. The Labute approximate surface area is 83.2 Å². The minimum absolute atomic E-state index is 0.0912. The first-order chi connectivity index (χ1) is 6.49. The maximum absolute atomic E-state index is 10.7. The first-order valence-corrected chi connectivity index (χ1v) is 4.63. The Morgan fingerprint density at radius 3 is 2.29 bits per heavy atom. The molecule has 0 saturated carbocycles. The van der Waals surface area contributed by atoms with Crippen LogP contribution in [0.15, 0.2) is 11.6 Å². The van der Waals surface area contributed by atoms with Crippen molar-refractivity contribution in [2.45, 2.75) is 33.1 Å². The van der Waals surface area contributed by atoms with Crippen LogP contribution >= 0.6 is 0 Å². The molecule has 4 nitrogen and oxygen atoms in total. The van der Waals surface area contributed by atoms with E-state index in [0.29, 0.717) is 6.42 Å². The summed E-state index contributed by atoms with van der Waals surface area (Å²) in [6.45, 7) is 3.37. The summed E-state index contributed by atoms with van der Waals surface area (Å²) < 4.78 is 0. The van der Waals surface area contributed by atoms with Gasteiger partial charge in [0.05, 0.1) is 5.92 Å². The summed E-state index contributed by atoms with van der Waals surface area (Å²) in [5.74, 6) is -2.70. The number of carbonyl (C=O) groups is 2. The number of carboxylic acids is 2. The molecule has 0 saturated heterocycles. The van der Waals surface area contributed by atoms with Crippen LogP contribution in [-0.2, 0) is 9.59 Å². The van der Waals surface area contributed by atoms with Gasteiger partial charge in [-0.05, 0) is 13.3 Å². The molecule has 14 heavy (non-hydrogen) atoms. The molecule has 2 N–H and O–H groups in total. The van der Waals surface area contributed by atoms with Crippen molar-refractivity contribution in [3.8, 4) is 0 Å². The normalized spacial score (nSPS) is 13.7. The lowest BCUT2D eigenvalue weighted by Gasteiger charge is -2.06. The van der Waals surface area contributed by atoms with Crippen molar-refractivity contribution in [3.63, 3.8) is 0 Å². The van der Waals surface area contributed by atoms with Gasteiger partial charge in [0.15, 0.2) is 0 Å². The van der Waals surface area contributed by atoms with Crippen LogP contribution in [0.5, 0.6) is 0 Å². The molecular weight excluding hydrogens is 184 g/mol. The summed E-state index contributed by atoms with van der Waals surface area (Å²) in [4.78, 5) is 21.2. The number of rotatable bonds is 6. The van der Waals surface area contributed by atoms with Gasteiger partial charge in [-0.2, -0.15) is 0 Å². The molecule has 0 aromatic carbocycles. The van der Waals surface area contributed by atoms with Gasteiger partial charge < -0.3 is 10.2 Å². The second kappa shape index (κ2) is 6.18. The molecule has 0 rings (SSSR count). The lowest BCUT2D eigenvalue weighted by molar-refractivity contribution is -0.140. The summed E-state index contributed by atoms with van der Waals surface area (Å²) >= 11 is 0. The number of hydrogen-bond acceptors (Lipinski definition) is 2. The lowest BCUT2D eigenvalue weighted by Crippen LogP contribution is -2.12. The molecule has 0 amide bonds. The molecule has 80 valence electrons. The van der Waals surface area contributed by atoms with Crippen LogP contribution in [0.3, 0.4) is 0 Å². The maximum atomic E-state index is 10.7. The Kier molecular flexibility index (Phi) is 5.60. The third kappa shape index (κ3) is 4.64. The Balaban J connectivity index is 4.43. The Morgan fingerprint density at radius 2 is 1.93 bits per heavy atom. The smallest absolute Gasteiger partial charge is 0.330 e. The average Bonchev–Trinajstić information content (AvgIpc) is 2.10. The van der Waals surface area contributed by atoms with Gasteiger partial charge in [-0.15, -0.1) is 0 Å². The van der Waals surface area contributed by atoms with Gasteiger partial charge in [-0.3, -0.25) is 4.79 Å². The van der Waals surface area contributed by atoms with Crippen molar-refractivity contribution in [2.24, 2.45) is 5.92 Å². The molecule has 0 aromatic heterocycles. The Hall–Kier alpha value is -1.32. The van der Waals surface area contributed by atoms with Crippen LogP contribution in [0.1, 0.15) is 33.1 Å². The monoisotopic (exact) mass is 200 g/mol. The highest BCUT2D eigenvalue weighted by Gasteiger charge is 2.15. The van der Waals surface area contributed by atoms with E-state index >= 15 is 0 Å². The zero-order chi connectivity index (χ0) is 11.1. The summed E-state index contributed by atoms with van der Waals surface area (Å²) in [6, 6.07) is 0. The first kappa shape index (κ1) is 12.7. The summed E-state index contributed by atoms with van der Waals surface area (Å²) in [6.07, 6.45) is 3.50. The van der Waals surface area contributed by atoms with E-state index in [1.165, 1.54) is 13.0 Å². The van der Waals surface area contributed by atoms with E-state index in [1.54, 1.807) is 0 Å².